The van der Waals surface area contributed by atoms with Crippen molar-refractivity contribution in [3.05, 3.63) is 68.9 Å². The lowest BCUT2D eigenvalue weighted by Gasteiger charge is -2.34. The number of hydrogen-bond acceptors (Lipinski definition) is 3. The lowest BCUT2D eigenvalue weighted by Crippen LogP contribution is -2.56. The van der Waals surface area contributed by atoms with Crippen LogP contribution in [0.2, 0.25) is 0 Å². The summed E-state index contributed by atoms with van der Waals surface area (Å²) in [5.74, 6) is -2.20. The first-order chi connectivity index (χ1) is 14.3. The maximum Gasteiger partial charge on any atom is 0.329 e. The second-order valence-corrected chi connectivity index (χ2v) is 7.93. The first-order valence-corrected chi connectivity index (χ1v) is 10.3. The normalized spacial score (nSPS) is 15.6. The molecule has 1 aromatic carbocycles. The second-order valence-electron chi connectivity index (χ2n) is 7.93. The molecule has 6 nitrogen and oxygen atoms in total. The molecule has 1 saturated carbocycles. The van der Waals surface area contributed by atoms with Gasteiger partial charge in [0.2, 0.25) is 0 Å². The predicted molar refractivity (Wildman–Crippen MR) is 111 cm³/mol. The summed E-state index contributed by atoms with van der Waals surface area (Å²) in [7, 11) is 0. The van der Waals surface area contributed by atoms with Crippen molar-refractivity contribution in [3.63, 3.8) is 0 Å². The molecule has 2 N–H and O–H groups in total. The summed E-state index contributed by atoms with van der Waals surface area (Å²) in [6, 6.07) is 7.71. The van der Waals surface area contributed by atoms with E-state index in [0.29, 0.717) is 43.4 Å². The van der Waals surface area contributed by atoms with Gasteiger partial charge in [0.05, 0.1) is 6.54 Å². The van der Waals surface area contributed by atoms with Gasteiger partial charge in [-0.3, -0.25) is 9.59 Å². The molecule has 0 bridgehead atoms. The van der Waals surface area contributed by atoms with Crippen LogP contribution in [0.25, 0.3) is 0 Å². The fraction of sp³-hybridized carbons (Fsp3) is 0.435. The molecule has 3 rings (SSSR count). The number of aliphatic carboxylic acids is 1. The topological polar surface area (TPSA) is 88.4 Å². The smallest absolute Gasteiger partial charge is 0.329 e. The van der Waals surface area contributed by atoms with Gasteiger partial charge in [0, 0.05) is 11.3 Å². The minimum absolute atomic E-state index is 0.000708. The van der Waals surface area contributed by atoms with Crippen LogP contribution >= 0.6 is 0 Å². The summed E-state index contributed by atoms with van der Waals surface area (Å²) in [5.41, 5.74) is -0.227. The zero-order valence-corrected chi connectivity index (χ0v) is 17.3. The van der Waals surface area contributed by atoms with Gasteiger partial charge in [0.1, 0.15) is 16.9 Å². The number of nitrogens with one attached hydrogen (secondary N) is 1. The maximum absolute atomic E-state index is 14.2. The Morgan fingerprint density at radius 1 is 1.20 bits per heavy atom. The number of rotatable bonds is 6. The van der Waals surface area contributed by atoms with Crippen LogP contribution in [-0.2, 0) is 17.8 Å². The highest BCUT2D eigenvalue weighted by Gasteiger charge is 2.41. The van der Waals surface area contributed by atoms with E-state index in [1.165, 1.54) is 16.7 Å². The number of halogens is 1. The van der Waals surface area contributed by atoms with Gasteiger partial charge in [0.15, 0.2) is 0 Å². The Morgan fingerprint density at radius 3 is 2.47 bits per heavy atom. The molecule has 1 aliphatic carbocycles. The summed E-state index contributed by atoms with van der Waals surface area (Å²) in [5, 5.41) is 12.4. The molecule has 1 amide bonds. The SMILES string of the molecule is CCc1c(C)cc(C(=O)NC2(C(=O)O)CCCCC2)c(=O)n1Cc1ccccc1F. The number of benzene rings is 1. The van der Waals surface area contributed by atoms with E-state index in [4.69, 9.17) is 0 Å². The molecule has 1 aliphatic rings. The molecular formula is C23H27FN2O4. The van der Waals surface area contributed by atoms with Gasteiger partial charge in [-0.15, -0.1) is 0 Å². The summed E-state index contributed by atoms with van der Waals surface area (Å²) >= 11 is 0. The van der Waals surface area contributed by atoms with Gasteiger partial charge in [-0.25, -0.2) is 9.18 Å². The Labute approximate surface area is 174 Å². The molecule has 0 saturated heterocycles. The standard InChI is InChI=1S/C23H27FN2O4/c1-3-19-15(2)13-17(20(27)25-23(22(29)30)11-7-4-8-12-23)21(28)26(19)14-16-9-5-6-10-18(16)24/h5-6,9-10,13H,3-4,7-8,11-12,14H2,1-2H3,(H,25,27)(H,29,30). The van der Waals surface area contributed by atoms with Gasteiger partial charge in [-0.1, -0.05) is 44.4 Å². The monoisotopic (exact) mass is 414 g/mol. The molecule has 0 atom stereocenters. The number of carbonyl (C=O) groups is 2. The zero-order valence-electron chi connectivity index (χ0n) is 17.3. The van der Waals surface area contributed by atoms with Crippen molar-refractivity contribution in [1.82, 2.24) is 9.88 Å². The number of amides is 1. The van der Waals surface area contributed by atoms with Crippen LogP contribution in [0.5, 0.6) is 0 Å². The molecule has 1 aromatic heterocycles. The first-order valence-electron chi connectivity index (χ1n) is 10.3. The fourth-order valence-electron chi connectivity index (χ4n) is 4.27. The molecule has 0 radical (unpaired) electrons. The number of nitrogens with zero attached hydrogens (tertiary/aromatic N) is 1. The lowest BCUT2D eigenvalue weighted by atomic mass is 9.81. The van der Waals surface area contributed by atoms with E-state index >= 15 is 0 Å². The Kier molecular flexibility index (Phi) is 6.39. The Hall–Kier alpha value is -2.96. The molecule has 30 heavy (non-hydrogen) atoms. The largest absolute Gasteiger partial charge is 0.480 e. The molecule has 2 aromatic rings. The Balaban J connectivity index is 2.02. The van der Waals surface area contributed by atoms with Gasteiger partial charge >= 0.3 is 5.97 Å². The lowest BCUT2D eigenvalue weighted by molar-refractivity contribution is -0.145. The van der Waals surface area contributed by atoms with E-state index in [0.717, 1.165) is 12.0 Å². The molecule has 0 spiro atoms. The van der Waals surface area contributed by atoms with E-state index in [-0.39, 0.29) is 12.1 Å². The van der Waals surface area contributed by atoms with Crippen LogP contribution in [0.3, 0.4) is 0 Å². The molecule has 160 valence electrons. The molecule has 0 aliphatic heterocycles. The maximum atomic E-state index is 14.2. The average molecular weight is 414 g/mol. The fourth-order valence-corrected chi connectivity index (χ4v) is 4.27. The van der Waals surface area contributed by atoms with E-state index < -0.39 is 28.8 Å². The number of carboxylic acids is 1. The summed E-state index contributed by atoms with van der Waals surface area (Å²) < 4.78 is 15.6. The predicted octanol–water partition coefficient (Wildman–Crippen LogP) is 3.42. The molecular weight excluding hydrogens is 387 g/mol. The number of aromatic nitrogens is 1. The van der Waals surface area contributed by atoms with Crippen molar-refractivity contribution in [2.24, 2.45) is 0 Å². The van der Waals surface area contributed by atoms with Gasteiger partial charge in [-0.05, 0) is 43.9 Å². The van der Waals surface area contributed by atoms with E-state index in [1.54, 1.807) is 25.1 Å². The summed E-state index contributed by atoms with van der Waals surface area (Å²) in [6.45, 7) is 3.68. The average Bonchev–Trinajstić information content (AvgIpc) is 2.72. The highest BCUT2D eigenvalue weighted by atomic mass is 19.1. The van der Waals surface area contributed by atoms with E-state index in [2.05, 4.69) is 5.32 Å². The number of pyridine rings is 1. The number of carbonyl (C=O) groups excluding carboxylic acids is 1. The van der Waals surface area contributed by atoms with E-state index in [9.17, 15) is 23.9 Å². The highest BCUT2D eigenvalue weighted by molar-refractivity contribution is 5.97. The van der Waals surface area contributed by atoms with Crippen LogP contribution in [0, 0.1) is 12.7 Å². The van der Waals surface area contributed by atoms with Gasteiger partial charge in [0.25, 0.3) is 11.5 Å². The third kappa shape index (κ3) is 4.15. The third-order valence-corrected chi connectivity index (χ3v) is 5.95. The van der Waals surface area contributed by atoms with Crippen LogP contribution in [-0.4, -0.2) is 27.1 Å². The first kappa shape index (κ1) is 21.7. The second kappa shape index (κ2) is 8.81. The number of carboxylic acid groups (broad SMARTS) is 1. The van der Waals surface area contributed by atoms with E-state index in [1.807, 2.05) is 6.92 Å². The highest BCUT2D eigenvalue weighted by Crippen LogP contribution is 2.29. The Morgan fingerprint density at radius 2 is 1.87 bits per heavy atom. The quantitative estimate of drug-likeness (QED) is 0.758. The van der Waals surface area contributed by atoms with Crippen LogP contribution in [0.1, 0.15) is 66.2 Å². The summed E-state index contributed by atoms with van der Waals surface area (Å²) in [4.78, 5) is 38.1. The van der Waals surface area contributed by atoms with Crippen LogP contribution in [0.15, 0.2) is 35.1 Å². The van der Waals surface area contributed by atoms with Crippen molar-refractivity contribution in [2.75, 3.05) is 0 Å². The van der Waals surface area contributed by atoms with Gasteiger partial charge < -0.3 is 15.0 Å². The van der Waals surface area contributed by atoms with Crippen LogP contribution < -0.4 is 10.9 Å². The number of aryl methyl sites for hydroxylation is 1. The molecule has 1 heterocycles. The number of hydrogen-bond donors (Lipinski definition) is 2. The van der Waals surface area contributed by atoms with Gasteiger partial charge in [-0.2, -0.15) is 0 Å². The Bertz CT molecular complexity index is 1020. The van der Waals surface area contributed by atoms with Crippen molar-refractivity contribution in [2.45, 2.75) is 64.5 Å². The van der Waals surface area contributed by atoms with Crippen molar-refractivity contribution < 1.29 is 19.1 Å². The minimum Gasteiger partial charge on any atom is -0.480 e. The zero-order chi connectivity index (χ0) is 21.9. The van der Waals surface area contributed by atoms with Crippen LogP contribution in [0.4, 0.5) is 4.39 Å². The minimum atomic E-state index is -1.35. The molecule has 1 fully saturated rings. The summed E-state index contributed by atoms with van der Waals surface area (Å²) in [6.07, 6.45) is 3.55. The van der Waals surface area contributed by atoms with Crippen molar-refractivity contribution in [1.29, 1.82) is 0 Å². The van der Waals surface area contributed by atoms with Crippen molar-refractivity contribution in [3.8, 4) is 0 Å². The molecule has 0 unspecified atom stereocenters. The molecule has 7 heteroatoms. The third-order valence-electron chi connectivity index (χ3n) is 5.95. The van der Waals surface area contributed by atoms with Crippen molar-refractivity contribution >= 4 is 11.9 Å².